The Morgan fingerprint density at radius 1 is 1.00 bits per heavy atom. The van der Waals surface area contributed by atoms with Crippen molar-refractivity contribution in [1.82, 2.24) is 15.0 Å². The number of methoxy groups -OCH3 is 1. The van der Waals surface area contributed by atoms with Crippen molar-refractivity contribution in [2.45, 2.75) is 13.3 Å². The van der Waals surface area contributed by atoms with Gasteiger partial charge < -0.3 is 14.5 Å². The van der Waals surface area contributed by atoms with Crippen LogP contribution >= 0.6 is 0 Å². The molecular weight excluding hydrogens is 492 g/mol. The van der Waals surface area contributed by atoms with E-state index < -0.39 is 22.8 Å². The van der Waals surface area contributed by atoms with Crippen LogP contribution in [0.3, 0.4) is 0 Å². The number of hydrogen-bond donors (Lipinski definition) is 1. The van der Waals surface area contributed by atoms with Crippen molar-refractivity contribution in [3.63, 3.8) is 0 Å². The molecule has 0 saturated carbocycles. The molecule has 0 atom stereocenters. The van der Waals surface area contributed by atoms with Gasteiger partial charge in [-0.25, -0.2) is 13.8 Å². The van der Waals surface area contributed by atoms with Crippen LogP contribution in [0.25, 0.3) is 22.2 Å². The minimum Gasteiger partial charge on any atom is -0.481 e. The largest absolute Gasteiger partial charge is 0.481 e. The second kappa shape index (κ2) is 10.2. The first-order valence-electron chi connectivity index (χ1n) is 11.6. The number of hydrogen-bond acceptors (Lipinski definition) is 6. The molecule has 7 nitrogen and oxygen atoms in total. The Labute approximate surface area is 215 Å². The number of carbonyl (C=O) groups excluding carboxylic acids is 1. The Morgan fingerprint density at radius 3 is 2.53 bits per heavy atom. The molecule has 0 amide bonds. The molecule has 3 aromatic heterocycles. The summed E-state index contributed by atoms with van der Waals surface area (Å²) < 4.78 is 39.3. The summed E-state index contributed by atoms with van der Waals surface area (Å²) in [7, 11) is 1.49. The molecule has 0 unspecified atom stereocenters. The van der Waals surface area contributed by atoms with Crippen molar-refractivity contribution in [2.24, 2.45) is 0 Å². The van der Waals surface area contributed by atoms with Crippen LogP contribution in [0.4, 0.5) is 8.78 Å². The van der Waals surface area contributed by atoms with Crippen LogP contribution < -0.4 is 14.9 Å². The van der Waals surface area contributed by atoms with E-state index in [-0.39, 0.29) is 29.0 Å². The molecule has 5 rings (SSSR count). The molecule has 0 radical (unpaired) electrons. The van der Waals surface area contributed by atoms with Crippen LogP contribution in [-0.4, -0.2) is 27.8 Å². The Morgan fingerprint density at radius 2 is 1.79 bits per heavy atom. The van der Waals surface area contributed by atoms with Crippen molar-refractivity contribution in [3.05, 3.63) is 112 Å². The number of aromatic nitrogens is 3. The third-order valence-electron chi connectivity index (χ3n) is 6.03. The predicted octanol–water partition coefficient (Wildman–Crippen LogP) is 5.80. The molecule has 190 valence electrons. The first-order chi connectivity index (χ1) is 18.3. The van der Waals surface area contributed by atoms with Crippen LogP contribution in [0.5, 0.6) is 17.4 Å². The van der Waals surface area contributed by atoms with Gasteiger partial charge in [-0.1, -0.05) is 18.2 Å². The van der Waals surface area contributed by atoms with Crippen molar-refractivity contribution >= 4 is 16.8 Å². The lowest BCUT2D eigenvalue weighted by molar-refractivity contribution is 0.0991. The highest BCUT2D eigenvalue weighted by atomic mass is 19.1. The summed E-state index contributed by atoms with van der Waals surface area (Å²) in [5.41, 5.74) is 1.91. The van der Waals surface area contributed by atoms with Crippen LogP contribution in [0.1, 0.15) is 21.6 Å². The number of Topliss-reactive ketones (excluding diaryl/α,β-unsaturated/α-hetero) is 1. The van der Waals surface area contributed by atoms with Crippen molar-refractivity contribution in [2.75, 3.05) is 7.11 Å². The second-order valence-electron chi connectivity index (χ2n) is 8.54. The van der Waals surface area contributed by atoms with Crippen molar-refractivity contribution in [1.29, 1.82) is 0 Å². The molecule has 0 spiro atoms. The standard InChI is InChI=1S/C29H21F2N3O4/c1-16-27(29(36)20(15-33-16)18-4-6-19(30)7-5-18)23(35)14-17-3-9-24(21(31)13-17)38-25-11-12-32-22-8-10-26(37-2)34-28(22)25/h3-13,15H,14H2,1-2H3,(H,33,36). The van der Waals surface area contributed by atoms with Gasteiger partial charge in [-0.3, -0.25) is 14.6 Å². The third kappa shape index (κ3) is 4.86. The van der Waals surface area contributed by atoms with E-state index in [9.17, 15) is 14.0 Å². The second-order valence-corrected chi connectivity index (χ2v) is 8.54. The molecule has 1 N–H and O–H groups in total. The monoisotopic (exact) mass is 513 g/mol. The number of fused-ring (bicyclic) bond motifs is 1. The molecule has 0 saturated heterocycles. The van der Waals surface area contributed by atoms with Gasteiger partial charge in [0.05, 0.1) is 18.2 Å². The molecular formula is C29H21F2N3O4. The highest BCUT2D eigenvalue weighted by Crippen LogP contribution is 2.31. The van der Waals surface area contributed by atoms with Crippen LogP contribution in [0.2, 0.25) is 0 Å². The molecule has 0 aliphatic rings. The zero-order chi connectivity index (χ0) is 26.8. The lowest BCUT2D eigenvalue weighted by Gasteiger charge is -2.11. The van der Waals surface area contributed by atoms with Crippen molar-refractivity contribution < 1.29 is 23.0 Å². The van der Waals surface area contributed by atoms with Gasteiger partial charge in [-0.15, -0.1) is 0 Å². The quantitative estimate of drug-likeness (QED) is 0.277. The van der Waals surface area contributed by atoms with E-state index in [1.54, 1.807) is 31.2 Å². The van der Waals surface area contributed by atoms with Gasteiger partial charge in [0.25, 0.3) is 0 Å². The molecule has 5 aromatic rings. The first-order valence-corrected chi connectivity index (χ1v) is 11.6. The number of ketones is 1. The van der Waals surface area contributed by atoms with E-state index in [4.69, 9.17) is 9.47 Å². The number of ether oxygens (including phenoxy) is 2. The first kappa shape index (κ1) is 24.8. The summed E-state index contributed by atoms with van der Waals surface area (Å²) in [6.07, 6.45) is 2.81. The molecule has 9 heteroatoms. The molecule has 0 aliphatic carbocycles. The van der Waals surface area contributed by atoms with E-state index in [2.05, 4.69) is 15.0 Å². The number of halogens is 2. The zero-order valence-electron chi connectivity index (χ0n) is 20.4. The normalized spacial score (nSPS) is 10.9. The van der Waals surface area contributed by atoms with Crippen LogP contribution in [0.15, 0.2) is 77.9 Å². The molecule has 38 heavy (non-hydrogen) atoms. The fourth-order valence-corrected chi connectivity index (χ4v) is 4.11. The van der Waals surface area contributed by atoms with E-state index in [1.807, 2.05) is 0 Å². The van der Waals surface area contributed by atoms with E-state index in [0.717, 1.165) is 0 Å². The summed E-state index contributed by atoms with van der Waals surface area (Å²) in [5.74, 6) is -1.01. The van der Waals surface area contributed by atoms with E-state index in [0.29, 0.717) is 33.7 Å². The molecule has 0 bridgehead atoms. The number of aryl methyl sites for hydroxylation is 1. The lowest BCUT2D eigenvalue weighted by atomic mass is 9.97. The zero-order valence-corrected chi connectivity index (χ0v) is 20.4. The average Bonchev–Trinajstić information content (AvgIpc) is 2.91. The lowest BCUT2D eigenvalue weighted by Crippen LogP contribution is -2.21. The highest BCUT2D eigenvalue weighted by Gasteiger charge is 2.19. The van der Waals surface area contributed by atoms with Gasteiger partial charge in [0.1, 0.15) is 11.3 Å². The van der Waals surface area contributed by atoms with Gasteiger partial charge in [-0.05, 0) is 48.4 Å². The van der Waals surface area contributed by atoms with Gasteiger partial charge in [0.15, 0.2) is 28.5 Å². The minimum absolute atomic E-state index is 0.0316. The Hall–Kier alpha value is -4.92. The fraction of sp³-hybridized carbons (Fsp3) is 0.103. The number of nitrogens with one attached hydrogen (secondary N) is 1. The topological polar surface area (TPSA) is 94.2 Å². The van der Waals surface area contributed by atoms with Gasteiger partial charge >= 0.3 is 0 Å². The van der Waals surface area contributed by atoms with Gasteiger partial charge in [-0.2, -0.15) is 0 Å². The summed E-state index contributed by atoms with van der Waals surface area (Å²) >= 11 is 0. The summed E-state index contributed by atoms with van der Waals surface area (Å²) in [4.78, 5) is 37.8. The van der Waals surface area contributed by atoms with E-state index >= 15 is 4.39 Å². The maximum Gasteiger partial charge on any atom is 0.213 e. The Kier molecular flexibility index (Phi) is 6.66. The molecule has 0 fully saturated rings. The predicted molar refractivity (Wildman–Crippen MR) is 138 cm³/mol. The molecule has 3 heterocycles. The molecule has 2 aromatic carbocycles. The minimum atomic E-state index is -0.686. The number of rotatable bonds is 7. The Bertz CT molecular complexity index is 1730. The van der Waals surface area contributed by atoms with E-state index in [1.165, 1.54) is 55.9 Å². The molecule has 0 aliphatic heterocycles. The third-order valence-corrected chi connectivity index (χ3v) is 6.03. The van der Waals surface area contributed by atoms with Crippen LogP contribution in [-0.2, 0) is 6.42 Å². The summed E-state index contributed by atoms with van der Waals surface area (Å²) in [6.45, 7) is 1.61. The van der Waals surface area contributed by atoms with Crippen molar-refractivity contribution in [3.8, 4) is 28.5 Å². The number of carbonyl (C=O) groups is 1. The number of pyridine rings is 3. The summed E-state index contributed by atoms with van der Waals surface area (Å²) in [6, 6.07) is 14.5. The number of H-pyrrole nitrogens is 1. The van der Waals surface area contributed by atoms with Crippen LogP contribution in [0, 0.1) is 18.6 Å². The number of aromatic amines is 1. The van der Waals surface area contributed by atoms with Gasteiger partial charge in [0.2, 0.25) is 5.88 Å². The van der Waals surface area contributed by atoms with Gasteiger partial charge in [0, 0.05) is 42.2 Å². The number of benzene rings is 2. The average molecular weight is 514 g/mol. The Balaban J connectivity index is 1.40. The SMILES string of the molecule is COc1ccc2nccc(Oc3ccc(CC(=O)c4c(C)[nH]cc(-c5ccc(F)cc5)c4=O)cc3F)c2n1. The maximum absolute atomic E-state index is 15.0. The maximum atomic E-state index is 15.0. The smallest absolute Gasteiger partial charge is 0.213 e. The highest BCUT2D eigenvalue weighted by molar-refractivity contribution is 5.99. The summed E-state index contributed by atoms with van der Waals surface area (Å²) in [5, 5.41) is 0. The number of nitrogens with zero attached hydrogens (tertiary/aromatic N) is 2. The fourth-order valence-electron chi connectivity index (χ4n) is 4.11.